The van der Waals surface area contributed by atoms with Crippen molar-refractivity contribution in [2.75, 3.05) is 13.1 Å². The summed E-state index contributed by atoms with van der Waals surface area (Å²) in [4.78, 5) is 28.0. The number of aliphatic carboxylic acids is 1. The second-order valence-electron chi connectivity index (χ2n) is 3.47. The SMILES string of the molecule is CCCN(CC(=O)O)C(=O)c1cccc(Br)n1. The van der Waals surface area contributed by atoms with Crippen molar-refractivity contribution in [3.8, 4) is 0 Å². The Labute approximate surface area is 108 Å². The van der Waals surface area contributed by atoms with Gasteiger partial charge in [-0.2, -0.15) is 0 Å². The third-order valence-corrected chi connectivity index (χ3v) is 2.48. The molecular weight excluding hydrogens is 288 g/mol. The third-order valence-electron chi connectivity index (χ3n) is 2.04. The van der Waals surface area contributed by atoms with Gasteiger partial charge < -0.3 is 10.0 Å². The second kappa shape index (κ2) is 6.34. The first-order valence-electron chi connectivity index (χ1n) is 5.18. The zero-order valence-corrected chi connectivity index (χ0v) is 11.0. The van der Waals surface area contributed by atoms with E-state index < -0.39 is 5.97 Å². The fourth-order valence-corrected chi connectivity index (χ4v) is 1.72. The summed E-state index contributed by atoms with van der Waals surface area (Å²) in [6.45, 7) is 1.98. The molecule has 0 unspecified atom stereocenters. The molecule has 0 radical (unpaired) electrons. The maximum absolute atomic E-state index is 12.0. The number of carbonyl (C=O) groups excluding carboxylic acids is 1. The van der Waals surface area contributed by atoms with Gasteiger partial charge in [-0.3, -0.25) is 9.59 Å². The number of carboxylic acids is 1. The third kappa shape index (κ3) is 4.14. The van der Waals surface area contributed by atoms with Crippen LogP contribution in [0.2, 0.25) is 0 Å². The van der Waals surface area contributed by atoms with Crippen LogP contribution in [0.5, 0.6) is 0 Å². The Bertz CT molecular complexity index is 423. The average molecular weight is 301 g/mol. The standard InChI is InChI=1S/C11H13BrN2O3/c1-2-6-14(7-10(15)16)11(17)8-4-3-5-9(12)13-8/h3-5H,2,6-7H2,1H3,(H,15,16). The van der Waals surface area contributed by atoms with E-state index in [2.05, 4.69) is 20.9 Å². The summed E-state index contributed by atoms with van der Waals surface area (Å²) in [5.74, 6) is -1.39. The lowest BCUT2D eigenvalue weighted by Crippen LogP contribution is -2.36. The van der Waals surface area contributed by atoms with E-state index in [4.69, 9.17) is 5.11 Å². The summed E-state index contributed by atoms with van der Waals surface area (Å²) in [5, 5.41) is 8.74. The zero-order valence-electron chi connectivity index (χ0n) is 9.39. The van der Waals surface area contributed by atoms with Gasteiger partial charge in [0.15, 0.2) is 0 Å². The minimum absolute atomic E-state index is 0.245. The molecule has 0 saturated carbocycles. The molecule has 1 amide bonds. The van der Waals surface area contributed by atoms with Crippen molar-refractivity contribution in [2.24, 2.45) is 0 Å². The van der Waals surface area contributed by atoms with Crippen molar-refractivity contribution in [3.05, 3.63) is 28.5 Å². The topological polar surface area (TPSA) is 70.5 Å². The van der Waals surface area contributed by atoms with Gasteiger partial charge in [-0.25, -0.2) is 4.98 Å². The highest BCUT2D eigenvalue weighted by molar-refractivity contribution is 9.10. The quantitative estimate of drug-likeness (QED) is 0.842. The smallest absolute Gasteiger partial charge is 0.323 e. The molecule has 0 atom stereocenters. The molecule has 1 heterocycles. The van der Waals surface area contributed by atoms with Gasteiger partial charge in [-0.05, 0) is 34.5 Å². The number of carboxylic acid groups (broad SMARTS) is 1. The molecule has 0 aliphatic rings. The van der Waals surface area contributed by atoms with Crippen LogP contribution in [0.25, 0.3) is 0 Å². The summed E-state index contributed by atoms with van der Waals surface area (Å²) >= 11 is 3.17. The molecule has 5 nitrogen and oxygen atoms in total. The molecule has 0 aliphatic carbocycles. The number of hydrogen-bond donors (Lipinski definition) is 1. The van der Waals surface area contributed by atoms with E-state index >= 15 is 0 Å². The lowest BCUT2D eigenvalue weighted by Gasteiger charge is -2.19. The van der Waals surface area contributed by atoms with E-state index in [1.54, 1.807) is 18.2 Å². The zero-order chi connectivity index (χ0) is 12.8. The summed E-state index contributed by atoms with van der Waals surface area (Å²) in [5.41, 5.74) is 0.245. The Hall–Kier alpha value is -1.43. The molecule has 0 bridgehead atoms. The van der Waals surface area contributed by atoms with Gasteiger partial charge in [-0.1, -0.05) is 13.0 Å². The first-order valence-corrected chi connectivity index (χ1v) is 5.97. The van der Waals surface area contributed by atoms with Crippen LogP contribution in [0.3, 0.4) is 0 Å². The van der Waals surface area contributed by atoms with Gasteiger partial charge in [0, 0.05) is 6.54 Å². The fraction of sp³-hybridized carbons (Fsp3) is 0.364. The number of aromatic nitrogens is 1. The molecule has 0 spiro atoms. The lowest BCUT2D eigenvalue weighted by molar-refractivity contribution is -0.137. The van der Waals surface area contributed by atoms with Crippen molar-refractivity contribution in [3.63, 3.8) is 0 Å². The number of halogens is 1. The molecular formula is C11H13BrN2O3. The minimum atomic E-state index is -1.03. The predicted molar refractivity (Wildman–Crippen MR) is 65.8 cm³/mol. The van der Waals surface area contributed by atoms with Crippen molar-refractivity contribution in [1.29, 1.82) is 0 Å². The van der Waals surface area contributed by atoms with Crippen molar-refractivity contribution >= 4 is 27.8 Å². The molecule has 17 heavy (non-hydrogen) atoms. The molecule has 1 aromatic heterocycles. The highest BCUT2D eigenvalue weighted by Gasteiger charge is 2.18. The van der Waals surface area contributed by atoms with Crippen LogP contribution in [0, 0.1) is 0 Å². The molecule has 6 heteroatoms. The Balaban J connectivity index is 2.87. The maximum Gasteiger partial charge on any atom is 0.323 e. The fourth-order valence-electron chi connectivity index (χ4n) is 1.37. The molecule has 0 aliphatic heterocycles. The lowest BCUT2D eigenvalue weighted by atomic mass is 10.3. The largest absolute Gasteiger partial charge is 0.480 e. The Morgan fingerprint density at radius 2 is 2.18 bits per heavy atom. The molecule has 0 saturated heterocycles. The van der Waals surface area contributed by atoms with Crippen LogP contribution in [-0.2, 0) is 4.79 Å². The summed E-state index contributed by atoms with van der Waals surface area (Å²) < 4.78 is 0.551. The molecule has 0 aromatic carbocycles. The van der Waals surface area contributed by atoms with E-state index in [0.29, 0.717) is 17.6 Å². The van der Waals surface area contributed by atoms with E-state index in [1.807, 2.05) is 6.92 Å². The molecule has 0 fully saturated rings. The Morgan fingerprint density at radius 1 is 1.47 bits per heavy atom. The normalized spacial score (nSPS) is 10.0. The van der Waals surface area contributed by atoms with Crippen LogP contribution in [0.15, 0.2) is 22.8 Å². The average Bonchev–Trinajstić information content (AvgIpc) is 2.27. The van der Waals surface area contributed by atoms with Crippen LogP contribution in [0.1, 0.15) is 23.8 Å². The number of nitrogens with zero attached hydrogens (tertiary/aromatic N) is 2. The van der Waals surface area contributed by atoms with E-state index in [9.17, 15) is 9.59 Å². The first-order chi connectivity index (χ1) is 8.04. The van der Waals surface area contributed by atoms with Crippen molar-refractivity contribution < 1.29 is 14.7 Å². The first kappa shape index (κ1) is 13.6. The number of pyridine rings is 1. The van der Waals surface area contributed by atoms with Gasteiger partial charge >= 0.3 is 5.97 Å². The maximum atomic E-state index is 12.0. The Morgan fingerprint density at radius 3 is 2.71 bits per heavy atom. The van der Waals surface area contributed by atoms with Gasteiger partial charge in [-0.15, -0.1) is 0 Å². The number of carbonyl (C=O) groups is 2. The monoisotopic (exact) mass is 300 g/mol. The van der Waals surface area contributed by atoms with Gasteiger partial charge in [0.25, 0.3) is 5.91 Å². The Kier molecular flexibility index (Phi) is 5.09. The van der Waals surface area contributed by atoms with E-state index in [-0.39, 0.29) is 18.1 Å². The molecule has 1 N–H and O–H groups in total. The number of rotatable bonds is 5. The van der Waals surface area contributed by atoms with Crippen LogP contribution < -0.4 is 0 Å². The second-order valence-corrected chi connectivity index (χ2v) is 4.28. The highest BCUT2D eigenvalue weighted by Crippen LogP contribution is 2.09. The van der Waals surface area contributed by atoms with Gasteiger partial charge in [0.05, 0.1) is 0 Å². The number of hydrogen-bond acceptors (Lipinski definition) is 3. The highest BCUT2D eigenvalue weighted by atomic mass is 79.9. The van der Waals surface area contributed by atoms with E-state index in [0.717, 1.165) is 0 Å². The van der Waals surface area contributed by atoms with Crippen molar-refractivity contribution in [2.45, 2.75) is 13.3 Å². The van der Waals surface area contributed by atoms with Crippen LogP contribution in [0.4, 0.5) is 0 Å². The van der Waals surface area contributed by atoms with Gasteiger partial charge in [0.2, 0.25) is 0 Å². The van der Waals surface area contributed by atoms with Gasteiger partial charge in [0.1, 0.15) is 16.8 Å². The molecule has 1 rings (SSSR count). The summed E-state index contributed by atoms with van der Waals surface area (Å²) in [7, 11) is 0. The van der Waals surface area contributed by atoms with Crippen LogP contribution >= 0.6 is 15.9 Å². The summed E-state index contributed by atoms with van der Waals surface area (Å²) in [6.07, 6.45) is 0.701. The minimum Gasteiger partial charge on any atom is -0.480 e. The number of amides is 1. The van der Waals surface area contributed by atoms with Crippen LogP contribution in [-0.4, -0.2) is 40.0 Å². The molecule has 1 aromatic rings. The molecule has 92 valence electrons. The predicted octanol–water partition coefficient (Wildman–Crippen LogP) is 1.78. The van der Waals surface area contributed by atoms with E-state index in [1.165, 1.54) is 4.90 Å². The van der Waals surface area contributed by atoms with Crippen molar-refractivity contribution in [1.82, 2.24) is 9.88 Å². The summed E-state index contributed by atoms with van der Waals surface area (Å²) in [6, 6.07) is 4.96.